The number of H-pyrrole nitrogens is 1. The van der Waals surface area contributed by atoms with Gasteiger partial charge in [0.2, 0.25) is 0 Å². The number of hydrogen-bond donors (Lipinski definition) is 2. The third-order valence-electron chi connectivity index (χ3n) is 1.73. The van der Waals surface area contributed by atoms with E-state index in [2.05, 4.69) is 10.2 Å². The van der Waals surface area contributed by atoms with E-state index in [4.69, 9.17) is 17.3 Å². The van der Waals surface area contributed by atoms with E-state index < -0.39 is 0 Å². The van der Waals surface area contributed by atoms with Gasteiger partial charge in [-0.25, -0.2) is 5.10 Å². The van der Waals surface area contributed by atoms with Crippen molar-refractivity contribution in [3.8, 4) is 10.4 Å². The van der Waals surface area contributed by atoms with Crippen molar-refractivity contribution in [2.45, 2.75) is 0 Å². The molecule has 0 unspecified atom stereocenters. The van der Waals surface area contributed by atoms with Gasteiger partial charge < -0.3 is 5.73 Å². The molecule has 0 aliphatic carbocycles. The number of anilines is 1. The first-order valence-corrected chi connectivity index (χ1v) is 4.97. The second-order valence-corrected chi connectivity index (χ2v) is 4.35. The van der Waals surface area contributed by atoms with E-state index in [-0.39, 0.29) is 11.2 Å². The maximum atomic E-state index is 11.1. The summed E-state index contributed by atoms with van der Waals surface area (Å²) in [5.74, 6) is 0. The van der Waals surface area contributed by atoms with Gasteiger partial charge in [0.15, 0.2) is 0 Å². The molecular formula is C8H6ClN3OS. The van der Waals surface area contributed by atoms with Crippen LogP contribution in [0, 0.1) is 0 Å². The quantitative estimate of drug-likeness (QED) is 0.780. The van der Waals surface area contributed by atoms with Gasteiger partial charge in [-0.05, 0) is 12.1 Å². The maximum absolute atomic E-state index is 11.1. The molecule has 2 rings (SSSR count). The van der Waals surface area contributed by atoms with Crippen LogP contribution in [0.4, 0.5) is 5.69 Å². The fourth-order valence-corrected chi connectivity index (χ4v) is 2.13. The third kappa shape index (κ3) is 1.51. The molecule has 2 aromatic heterocycles. The molecule has 0 aliphatic rings. The molecule has 2 heterocycles. The summed E-state index contributed by atoms with van der Waals surface area (Å²) in [6, 6.07) is 3.56. The van der Waals surface area contributed by atoms with Crippen LogP contribution in [0.2, 0.25) is 4.34 Å². The number of aromatic amines is 1. The normalized spacial score (nSPS) is 10.4. The van der Waals surface area contributed by atoms with E-state index in [1.807, 2.05) is 0 Å². The number of halogens is 1. The zero-order chi connectivity index (χ0) is 10.1. The SMILES string of the molecule is Nc1c(-c2ccc(Cl)s2)cn[nH]c1=O. The van der Waals surface area contributed by atoms with Crippen LogP contribution in [0.25, 0.3) is 10.4 Å². The number of nitrogens with two attached hydrogens (primary N) is 1. The van der Waals surface area contributed by atoms with Gasteiger partial charge >= 0.3 is 0 Å². The Hall–Kier alpha value is -1.33. The minimum Gasteiger partial charge on any atom is -0.394 e. The van der Waals surface area contributed by atoms with E-state index in [1.54, 1.807) is 12.1 Å². The lowest BCUT2D eigenvalue weighted by atomic mass is 10.2. The zero-order valence-corrected chi connectivity index (χ0v) is 8.52. The van der Waals surface area contributed by atoms with Crippen molar-refractivity contribution in [1.29, 1.82) is 0 Å². The summed E-state index contributed by atoms with van der Waals surface area (Å²) in [5, 5.41) is 5.93. The summed E-state index contributed by atoms with van der Waals surface area (Å²) < 4.78 is 0.652. The first kappa shape index (κ1) is 9.23. The van der Waals surface area contributed by atoms with Crippen molar-refractivity contribution >= 4 is 28.6 Å². The molecule has 0 aromatic carbocycles. The Kier molecular flexibility index (Phi) is 2.26. The number of thiophene rings is 1. The highest BCUT2D eigenvalue weighted by atomic mass is 35.5. The van der Waals surface area contributed by atoms with Crippen LogP contribution in [-0.4, -0.2) is 10.2 Å². The lowest BCUT2D eigenvalue weighted by Crippen LogP contribution is -2.13. The molecule has 0 saturated carbocycles. The van der Waals surface area contributed by atoms with Gasteiger partial charge in [-0.2, -0.15) is 5.10 Å². The van der Waals surface area contributed by atoms with Gasteiger partial charge in [0, 0.05) is 10.4 Å². The summed E-state index contributed by atoms with van der Waals surface area (Å²) in [6.45, 7) is 0. The summed E-state index contributed by atoms with van der Waals surface area (Å²) in [4.78, 5) is 12.0. The van der Waals surface area contributed by atoms with Crippen LogP contribution in [0.3, 0.4) is 0 Å². The summed E-state index contributed by atoms with van der Waals surface area (Å²) in [6.07, 6.45) is 1.51. The fourth-order valence-electron chi connectivity index (χ4n) is 1.06. The third-order valence-corrected chi connectivity index (χ3v) is 3.00. The molecule has 6 heteroatoms. The predicted molar refractivity (Wildman–Crippen MR) is 57.6 cm³/mol. The average Bonchev–Trinajstić information content (AvgIpc) is 2.57. The lowest BCUT2D eigenvalue weighted by Gasteiger charge is -1.98. The number of nitrogens with zero attached hydrogens (tertiary/aromatic N) is 1. The van der Waals surface area contributed by atoms with E-state index >= 15 is 0 Å². The molecular weight excluding hydrogens is 222 g/mol. The van der Waals surface area contributed by atoms with Gasteiger partial charge in [0.25, 0.3) is 5.56 Å². The number of hydrogen-bond acceptors (Lipinski definition) is 4. The standard InChI is InChI=1S/C8H6ClN3OS/c9-6-2-1-5(14-6)4-3-11-12-8(13)7(4)10/h1-3H,(H2,10,11)(H,12,13). The highest BCUT2D eigenvalue weighted by Gasteiger charge is 2.08. The summed E-state index contributed by atoms with van der Waals surface area (Å²) >= 11 is 7.13. The lowest BCUT2D eigenvalue weighted by molar-refractivity contribution is 0.996. The number of nitrogens with one attached hydrogen (secondary N) is 1. The molecule has 0 saturated heterocycles. The van der Waals surface area contributed by atoms with E-state index in [1.165, 1.54) is 17.5 Å². The number of aromatic nitrogens is 2. The first-order chi connectivity index (χ1) is 6.68. The molecule has 4 nitrogen and oxygen atoms in total. The van der Waals surface area contributed by atoms with Gasteiger partial charge in [-0.3, -0.25) is 4.79 Å². The molecule has 0 fully saturated rings. The molecule has 0 radical (unpaired) electrons. The molecule has 0 amide bonds. The highest BCUT2D eigenvalue weighted by molar-refractivity contribution is 7.19. The van der Waals surface area contributed by atoms with Crippen molar-refractivity contribution in [2.75, 3.05) is 5.73 Å². The molecule has 0 bridgehead atoms. The van der Waals surface area contributed by atoms with E-state index in [0.29, 0.717) is 9.90 Å². The topological polar surface area (TPSA) is 71.8 Å². The van der Waals surface area contributed by atoms with E-state index in [0.717, 1.165) is 4.88 Å². The Morgan fingerprint density at radius 1 is 1.50 bits per heavy atom. The Morgan fingerprint density at radius 2 is 2.29 bits per heavy atom. The molecule has 2 aromatic rings. The largest absolute Gasteiger partial charge is 0.394 e. The molecule has 3 N–H and O–H groups in total. The van der Waals surface area contributed by atoms with Crippen molar-refractivity contribution in [3.05, 3.63) is 33.0 Å². The second kappa shape index (κ2) is 3.43. The average molecular weight is 228 g/mol. The van der Waals surface area contributed by atoms with Crippen LogP contribution in [0.15, 0.2) is 23.1 Å². The Balaban J connectivity index is 2.63. The smallest absolute Gasteiger partial charge is 0.287 e. The maximum Gasteiger partial charge on any atom is 0.287 e. The second-order valence-electron chi connectivity index (χ2n) is 2.63. The van der Waals surface area contributed by atoms with Crippen LogP contribution in [-0.2, 0) is 0 Å². The van der Waals surface area contributed by atoms with Crippen molar-refractivity contribution in [3.63, 3.8) is 0 Å². The Morgan fingerprint density at radius 3 is 2.93 bits per heavy atom. The van der Waals surface area contributed by atoms with Crippen molar-refractivity contribution in [2.24, 2.45) is 0 Å². The summed E-state index contributed by atoms with van der Waals surface area (Å²) in [5.41, 5.74) is 6.00. The van der Waals surface area contributed by atoms with Crippen molar-refractivity contribution in [1.82, 2.24) is 10.2 Å². The van der Waals surface area contributed by atoms with Crippen LogP contribution >= 0.6 is 22.9 Å². The fraction of sp³-hybridized carbons (Fsp3) is 0. The number of rotatable bonds is 1. The first-order valence-electron chi connectivity index (χ1n) is 3.77. The van der Waals surface area contributed by atoms with Crippen molar-refractivity contribution < 1.29 is 0 Å². The molecule has 0 aliphatic heterocycles. The van der Waals surface area contributed by atoms with Crippen LogP contribution < -0.4 is 11.3 Å². The van der Waals surface area contributed by atoms with Gasteiger partial charge in [0.05, 0.1) is 10.5 Å². The Labute approximate surface area is 88.3 Å². The van der Waals surface area contributed by atoms with E-state index in [9.17, 15) is 4.79 Å². The predicted octanol–water partition coefficient (Wildman–Crippen LogP) is 1.73. The molecule has 14 heavy (non-hydrogen) atoms. The highest BCUT2D eigenvalue weighted by Crippen LogP contribution is 2.32. The minimum atomic E-state index is -0.382. The number of nitrogen functional groups attached to an aromatic ring is 1. The van der Waals surface area contributed by atoms with Gasteiger partial charge in [0.1, 0.15) is 5.69 Å². The summed E-state index contributed by atoms with van der Waals surface area (Å²) in [7, 11) is 0. The minimum absolute atomic E-state index is 0.165. The van der Waals surface area contributed by atoms with Crippen LogP contribution in [0.5, 0.6) is 0 Å². The van der Waals surface area contributed by atoms with Crippen LogP contribution in [0.1, 0.15) is 0 Å². The Bertz CT molecular complexity index is 519. The zero-order valence-electron chi connectivity index (χ0n) is 6.95. The van der Waals surface area contributed by atoms with Gasteiger partial charge in [-0.1, -0.05) is 11.6 Å². The molecule has 0 atom stereocenters. The molecule has 0 spiro atoms. The van der Waals surface area contributed by atoms with Gasteiger partial charge in [-0.15, -0.1) is 11.3 Å². The molecule has 72 valence electrons. The monoisotopic (exact) mass is 227 g/mol.